The van der Waals surface area contributed by atoms with E-state index in [1.165, 1.54) is 5.56 Å². The van der Waals surface area contributed by atoms with Crippen molar-refractivity contribution in [2.24, 2.45) is 7.05 Å². The Kier molecular flexibility index (Phi) is 3.93. The van der Waals surface area contributed by atoms with Crippen molar-refractivity contribution >= 4 is 22.8 Å². The molecule has 4 rings (SSSR count). The Labute approximate surface area is 150 Å². The lowest BCUT2D eigenvalue weighted by Gasteiger charge is -2.04. The van der Waals surface area contributed by atoms with Gasteiger partial charge >= 0.3 is 0 Å². The molecule has 0 aliphatic heterocycles. The molecule has 4 aromatic rings. The average Bonchev–Trinajstić information content (AvgIpc) is 2.96. The number of benzene rings is 2. The first-order valence-corrected chi connectivity index (χ1v) is 8.78. The van der Waals surface area contributed by atoms with E-state index in [4.69, 9.17) is 0 Å². The summed E-state index contributed by atoms with van der Waals surface area (Å²) >= 11 is 1.64. The molecule has 0 saturated heterocycles. The number of rotatable bonds is 3. The molecule has 0 aliphatic carbocycles. The fraction of sp³-hybridized carbons (Fsp3) is 0.100. The lowest BCUT2D eigenvalue weighted by molar-refractivity contribution is 0.475. The Hall–Kier alpha value is -2.79. The first-order valence-electron chi connectivity index (χ1n) is 7.96. The van der Waals surface area contributed by atoms with E-state index in [9.17, 15) is 5.11 Å². The van der Waals surface area contributed by atoms with Crippen LogP contribution in [-0.2, 0) is 7.05 Å². The zero-order valence-electron chi connectivity index (χ0n) is 14.0. The summed E-state index contributed by atoms with van der Waals surface area (Å²) < 4.78 is 2.06. The lowest BCUT2D eigenvalue weighted by atomic mass is 10.1. The summed E-state index contributed by atoms with van der Waals surface area (Å²) in [6.07, 6.45) is 1.61. The second-order valence-corrected chi connectivity index (χ2v) is 7.03. The molecular formula is C20H17N3OS. The molecular weight excluding hydrogens is 330 g/mol. The maximum atomic E-state index is 9.51. The van der Waals surface area contributed by atoms with E-state index in [0.29, 0.717) is 0 Å². The number of aromatic hydroxyl groups is 1. The van der Waals surface area contributed by atoms with Gasteiger partial charge in [0.15, 0.2) is 0 Å². The van der Waals surface area contributed by atoms with Crippen LogP contribution in [0.25, 0.3) is 22.3 Å². The van der Waals surface area contributed by atoms with Crippen LogP contribution in [0.15, 0.2) is 70.8 Å². The smallest absolute Gasteiger partial charge is 0.144 e. The van der Waals surface area contributed by atoms with Crippen LogP contribution in [0, 0.1) is 6.92 Å². The van der Waals surface area contributed by atoms with Gasteiger partial charge in [0.1, 0.15) is 22.7 Å². The molecule has 0 atom stereocenters. The molecule has 124 valence electrons. The molecule has 0 saturated carbocycles. The highest BCUT2D eigenvalue weighted by Gasteiger charge is 2.14. The van der Waals surface area contributed by atoms with Gasteiger partial charge in [0.25, 0.3) is 0 Å². The Morgan fingerprint density at radius 1 is 0.960 bits per heavy atom. The van der Waals surface area contributed by atoms with Crippen molar-refractivity contribution in [3.63, 3.8) is 0 Å². The lowest BCUT2D eigenvalue weighted by Crippen LogP contribution is -1.93. The Bertz CT molecular complexity index is 1040. The molecule has 0 aliphatic rings. The molecule has 4 nitrogen and oxygen atoms in total. The van der Waals surface area contributed by atoms with E-state index in [2.05, 4.69) is 51.8 Å². The van der Waals surface area contributed by atoms with Crippen molar-refractivity contribution in [3.05, 3.63) is 66.5 Å². The van der Waals surface area contributed by atoms with Gasteiger partial charge in [-0.3, -0.25) is 0 Å². The molecule has 0 fully saturated rings. The maximum Gasteiger partial charge on any atom is 0.144 e. The minimum Gasteiger partial charge on any atom is -0.508 e. The van der Waals surface area contributed by atoms with Crippen molar-refractivity contribution in [2.45, 2.75) is 16.8 Å². The number of aromatic nitrogens is 3. The van der Waals surface area contributed by atoms with Crippen LogP contribution < -0.4 is 0 Å². The van der Waals surface area contributed by atoms with Crippen LogP contribution in [0.4, 0.5) is 0 Å². The molecule has 2 aromatic heterocycles. The van der Waals surface area contributed by atoms with Gasteiger partial charge in [-0.05, 0) is 55.0 Å². The van der Waals surface area contributed by atoms with Crippen LogP contribution in [0.3, 0.4) is 0 Å². The van der Waals surface area contributed by atoms with Crippen LogP contribution in [0.5, 0.6) is 5.75 Å². The van der Waals surface area contributed by atoms with Gasteiger partial charge in [-0.2, -0.15) is 0 Å². The fourth-order valence-corrected chi connectivity index (χ4v) is 3.68. The minimum absolute atomic E-state index is 0.262. The SMILES string of the molecule is Cc1ccc(Sc2ncnc3c2cc(-c2ccc(O)cc2)n3C)cc1. The first kappa shape index (κ1) is 15.7. The largest absolute Gasteiger partial charge is 0.508 e. The van der Waals surface area contributed by atoms with E-state index >= 15 is 0 Å². The quantitative estimate of drug-likeness (QED) is 0.541. The highest BCUT2D eigenvalue weighted by Crippen LogP contribution is 2.35. The van der Waals surface area contributed by atoms with E-state index in [0.717, 1.165) is 32.2 Å². The van der Waals surface area contributed by atoms with Crippen LogP contribution in [0.2, 0.25) is 0 Å². The molecule has 1 N–H and O–H groups in total. The van der Waals surface area contributed by atoms with Gasteiger partial charge in [0.2, 0.25) is 0 Å². The van der Waals surface area contributed by atoms with E-state index in [1.807, 2.05) is 19.2 Å². The van der Waals surface area contributed by atoms with Crippen molar-refractivity contribution in [3.8, 4) is 17.0 Å². The van der Waals surface area contributed by atoms with Crippen molar-refractivity contribution in [2.75, 3.05) is 0 Å². The summed E-state index contributed by atoms with van der Waals surface area (Å²) in [5.74, 6) is 0.262. The molecule has 0 radical (unpaired) electrons. The van der Waals surface area contributed by atoms with Gasteiger partial charge in [0, 0.05) is 11.9 Å². The van der Waals surface area contributed by atoms with Gasteiger partial charge in [-0.1, -0.05) is 29.5 Å². The van der Waals surface area contributed by atoms with Crippen LogP contribution in [0.1, 0.15) is 5.56 Å². The molecule has 0 bridgehead atoms. The molecule has 2 heterocycles. The van der Waals surface area contributed by atoms with Gasteiger partial charge in [-0.15, -0.1) is 0 Å². The maximum absolute atomic E-state index is 9.51. The number of phenols is 1. The number of aryl methyl sites for hydroxylation is 2. The number of nitrogens with zero attached hydrogens (tertiary/aromatic N) is 3. The first-order chi connectivity index (χ1) is 12.1. The van der Waals surface area contributed by atoms with Crippen molar-refractivity contribution in [1.82, 2.24) is 14.5 Å². The van der Waals surface area contributed by atoms with E-state index in [1.54, 1.807) is 30.2 Å². The summed E-state index contributed by atoms with van der Waals surface area (Å²) in [7, 11) is 2.00. The topological polar surface area (TPSA) is 50.9 Å². The van der Waals surface area contributed by atoms with Gasteiger partial charge < -0.3 is 9.67 Å². The molecule has 0 spiro atoms. The van der Waals surface area contributed by atoms with Crippen LogP contribution >= 0.6 is 11.8 Å². The minimum atomic E-state index is 0.262. The second-order valence-electron chi connectivity index (χ2n) is 5.97. The summed E-state index contributed by atoms with van der Waals surface area (Å²) in [4.78, 5) is 10.1. The number of hydrogen-bond acceptors (Lipinski definition) is 4. The predicted octanol–water partition coefficient (Wildman–Crippen LogP) is 4.80. The fourth-order valence-electron chi connectivity index (χ4n) is 2.82. The number of phenolic OH excluding ortho intramolecular Hbond substituents is 1. The summed E-state index contributed by atoms with van der Waals surface area (Å²) in [5.41, 5.74) is 4.21. The Morgan fingerprint density at radius 3 is 2.40 bits per heavy atom. The third-order valence-electron chi connectivity index (χ3n) is 4.19. The number of hydrogen-bond donors (Lipinski definition) is 1. The zero-order valence-corrected chi connectivity index (χ0v) is 14.8. The molecule has 25 heavy (non-hydrogen) atoms. The summed E-state index contributed by atoms with van der Waals surface area (Å²) in [6, 6.07) is 17.7. The molecule has 0 amide bonds. The molecule has 2 aromatic carbocycles. The zero-order chi connectivity index (χ0) is 17.4. The third-order valence-corrected chi connectivity index (χ3v) is 5.21. The Balaban J connectivity index is 1.80. The van der Waals surface area contributed by atoms with E-state index < -0.39 is 0 Å². The third kappa shape index (κ3) is 2.98. The predicted molar refractivity (Wildman–Crippen MR) is 101 cm³/mol. The van der Waals surface area contributed by atoms with Crippen molar-refractivity contribution < 1.29 is 5.11 Å². The van der Waals surface area contributed by atoms with Crippen molar-refractivity contribution in [1.29, 1.82) is 0 Å². The molecule has 0 unspecified atom stereocenters. The molecule has 5 heteroatoms. The summed E-state index contributed by atoms with van der Waals surface area (Å²) in [5, 5.41) is 11.5. The van der Waals surface area contributed by atoms with E-state index in [-0.39, 0.29) is 5.75 Å². The highest BCUT2D eigenvalue weighted by molar-refractivity contribution is 7.99. The highest BCUT2D eigenvalue weighted by atomic mass is 32.2. The van der Waals surface area contributed by atoms with Gasteiger partial charge in [0.05, 0.1) is 11.1 Å². The van der Waals surface area contributed by atoms with Crippen LogP contribution in [-0.4, -0.2) is 19.6 Å². The summed E-state index contributed by atoms with van der Waals surface area (Å²) in [6.45, 7) is 2.08. The average molecular weight is 347 g/mol. The standard InChI is InChI=1S/C20H17N3OS/c1-13-3-9-16(10-4-13)25-20-17-11-18(14-5-7-15(24)8-6-14)23(2)19(17)21-12-22-20/h3-12,24H,1-2H3. The van der Waals surface area contributed by atoms with Gasteiger partial charge in [-0.25, -0.2) is 9.97 Å². The normalized spacial score (nSPS) is 11.1. The second kappa shape index (κ2) is 6.26. The monoisotopic (exact) mass is 347 g/mol. The number of fused-ring (bicyclic) bond motifs is 1. The Morgan fingerprint density at radius 2 is 1.68 bits per heavy atom.